The number of halogens is 1. The van der Waals surface area contributed by atoms with Gasteiger partial charge in [0.2, 0.25) is 0 Å². The van der Waals surface area contributed by atoms with Gasteiger partial charge in [-0.3, -0.25) is 14.5 Å². The Morgan fingerprint density at radius 3 is 2.58 bits per heavy atom. The van der Waals surface area contributed by atoms with E-state index in [0.717, 1.165) is 18.4 Å². The van der Waals surface area contributed by atoms with E-state index >= 15 is 0 Å². The minimum atomic E-state index is -1.08. The van der Waals surface area contributed by atoms with Crippen molar-refractivity contribution in [2.45, 2.75) is 38.7 Å². The highest BCUT2D eigenvalue weighted by Gasteiger charge is 2.19. The first-order valence-electron chi connectivity index (χ1n) is 10.3. The first kappa shape index (κ1) is 24.3. The van der Waals surface area contributed by atoms with Crippen LogP contribution in [0.15, 0.2) is 48.5 Å². The lowest BCUT2D eigenvalue weighted by atomic mass is 10.0. The molecule has 0 saturated carbocycles. The number of carbonyl (C=O) groups is 2. The molecule has 31 heavy (non-hydrogen) atoms. The number of nitrogens with zero attached hydrogens (tertiary/aromatic N) is 1. The van der Waals surface area contributed by atoms with E-state index in [1.165, 1.54) is 16.0 Å². The lowest BCUT2D eigenvalue weighted by Crippen LogP contribution is -2.36. The molecule has 0 aliphatic heterocycles. The Labute approximate surface area is 182 Å². The number of carboxylic acid groups (broad SMARTS) is 1. The highest BCUT2D eigenvalue weighted by atomic mass is 19.1. The molecule has 0 amide bonds. The van der Waals surface area contributed by atoms with Crippen molar-refractivity contribution in [1.29, 1.82) is 0 Å². The molecule has 0 aliphatic carbocycles. The highest BCUT2D eigenvalue weighted by Crippen LogP contribution is 2.21. The van der Waals surface area contributed by atoms with Gasteiger partial charge in [0.25, 0.3) is 0 Å². The molecule has 1 atom stereocenters. The summed E-state index contributed by atoms with van der Waals surface area (Å²) in [4.78, 5) is 24.0. The number of carboxylic acids is 1. The fourth-order valence-corrected chi connectivity index (χ4v) is 3.15. The Morgan fingerprint density at radius 1 is 1.10 bits per heavy atom. The van der Waals surface area contributed by atoms with Gasteiger partial charge in [0.05, 0.1) is 12.8 Å². The van der Waals surface area contributed by atoms with Crippen LogP contribution in [0, 0.1) is 6.92 Å². The van der Waals surface area contributed by atoms with Crippen LogP contribution < -0.4 is 4.74 Å². The standard InChI is InChI=1S/C24H30FNO5/c1-18-6-5-7-19(14-18)10-11-20-8-3-4-9-22(20)30-16-21(15-26(2)17-25)31-24(29)13-12-23(27)28/h3-9,14,21H,10-13,15-17H2,1-2H3,(H,27,28). The molecule has 0 bridgehead atoms. The van der Waals surface area contributed by atoms with Gasteiger partial charge < -0.3 is 14.6 Å². The first-order valence-corrected chi connectivity index (χ1v) is 10.3. The van der Waals surface area contributed by atoms with Crippen molar-refractivity contribution < 1.29 is 28.6 Å². The Hall–Kier alpha value is -2.93. The fourth-order valence-electron chi connectivity index (χ4n) is 3.15. The minimum Gasteiger partial charge on any atom is -0.489 e. The average molecular weight is 432 g/mol. The van der Waals surface area contributed by atoms with Gasteiger partial charge in [-0.25, -0.2) is 4.39 Å². The molecule has 7 heteroatoms. The summed E-state index contributed by atoms with van der Waals surface area (Å²) >= 11 is 0. The second kappa shape index (κ2) is 12.7. The summed E-state index contributed by atoms with van der Waals surface area (Å²) < 4.78 is 24.2. The molecule has 2 aromatic rings. The van der Waals surface area contributed by atoms with Crippen LogP contribution in [0.25, 0.3) is 0 Å². The predicted octanol–water partition coefficient (Wildman–Crippen LogP) is 3.79. The van der Waals surface area contributed by atoms with Crippen LogP contribution in [-0.4, -0.2) is 55.0 Å². The van der Waals surface area contributed by atoms with Gasteiger partial charge in [0, 0.05) is 6.54 Å². The van der Waals surface area contributed by atoms with Crippen molar-refractivity contribution in [3.8, 4) is 5.75 Å². The van der Waals surface area contributed by atoms with E-state index in [4.69, 9.17) is 14.6 Å². The molecule has 0 aliphatic rings. The van der Waals surface area contributed by atoms with Crippen LogP contribution in [0.4, 0.5) is 4.39 Å². The van der Waals surface area contributed by atoms with Crippen LogP contribution in [0.2, 0.25) is 0 Å². The molecule has 0 fully saturated rings. The maximum atomic E-state index is 12.9. The topological polar surface area (TPSA) is 76.1 Å². The lowest BCUT2D eigenvalue weighted by molar-refractivity contribution is -0.154. The maximum Gasteiger partial charge on any atom is 0.306 e. The summed E-state index contributed by atoms with van der Waals surface area (Å²) in [6, 6.07) is 16.0. The minimum absolute atomic E-state index is 0.0462. The smallest absolute Gasteiger partial charge is 0.306 e. The van der Waals surface area contributed by atoms with Crippen LogP contribution in [0.3, 0.4) is 0 Å². The second-order valence-corrected chi connectivity index (χ2v) is 7.57. The molecule has 2 rings (SSSR count). The number of rotatable bonds is 13. The van der Waals surface area contributed by atoms with Gasteiger partial charge >= 0.3 is 11.9 Å². The summed E-state index contributed by atoms with van der Waals surface area (Å²) in [5.74, 6) is -1.03. The molecule has 0 saturated heterocycles. The normalized spacial score (nSPS) is 11.9. The van der Waals surface area contributed by atoms with Gasteiger partial charge in [-0.2, -0.15) is 0 Å². The van der Waals surface area contributed by atoms with Crippen LogP contribution in [0.1, 0.15) is 29.5 Å². The summed E-state index contributed by atoms with van der Waals surface area (Å²) in [7, 11) is 1.56. The predicted molar refractivity (Wildman–Crippen MR) is 116 cm³/mol. The van der Waals surface area contributed by atoms with E-state index in [1.807, 2.05) is 30.3 Å². The largest absolute Gasteiger partial charge is 0.489 e. The van der Waals surface area contributed by atoms with E-state index in [-0.39, 0.29) is 26.0 Å². The van der Waals surface area contributed by atoms with E-state index in [1.54, 1.807) is 7.05 Å². The van der Waals surface area contributed by atoms with Gasteiger partial charge in [-0.15, -0.1) is 0 Å². The van der Waals surface area contributed by atoms with E-state index in [9.17, 15) is 14.0 Å². The maximum absolute atomic E-state index is 12.9. The summed E-state index contributed by atoms with van der Waals surface area (Å²) in [5.41, 5.74) is 3.48. The molecule has 1 unspecified atom stereocenters. The second-order valence-electron chi connectivity index (χ2n) is 7.57. The number of benzene rings is 2. The van der Waals surface area contributed by atoms with Crippen molar-refractivity contribution in [2.24, 2.45) is 0 Å². The lowest BCUT2D eigenvalue weighted by Gasteiger charge is -2.23. The first-order chi connectivity index (χ1) is 14.9. The Balaban J connectivity index is 1.99. The molecule has 0 heterocycles. The van der Waals surface area contributed by atoms with Crippen molar-refractivity contribution >= 4 is 11.9 Å². The number of hydrogen-bond donors (Lipinski definition) is 1. The third-order valence-corrected chi connectivity index (χ3v) is 4.72. The molecule has 0 aromatic heterocycles. The number of likely N-dealkylation sites (N-methyl/N-ethyl adjacent to an activating group) is 1. The number of hydrogen-bond acceptors (Lipinski definition) is 5. The van der Waals surface area contributed by atoms with Crippen molar-refractivity contribution in [2.75, 3.05) is 27.0 Å². The van der Waals surface area contributed by atoms with E-state index in [2.05, 4.69) is 25.1 Å². The van der Waals surface area contributed by atoms with Crippen LogP contribution in [-0.2, 0) is 27.2 Å². The number of alkyl halides is 1. The molecular weight excluding hydrogens is 401 g/mol. The monoisotopic (exact) mass is 431 g/mol. The summed E-state index contributed by atoms with van der Waals surface area (Å²) in [6.07, 6.45) is 0.380. The number of esters is 1. The fraction of sp³-hybridized carbons (Fsp3) is 0.417. The third kappa shape index (κ3) is 9.17. The Bertz CT molecular complexity index is 857. The zero-order chi connectivity index (χ0) is 22.6. The number of aryl methyl sites for hydroxylation is 3. The quantitative estimate of drug-likeness (QED) is 0.384. The summed E-state index contributed by atoms with van der Waals surface area (Å²) in [5, 5.41) is 8.72. The highest BCUT2D eigenvalue weighted by molar-refractivity contribution is 5.76. The zero-order valence-corrected chi connectivity index (χ0v) is 18.1. The Morgan fingerprint density at radius 2 is 1.87 bits per heavy atom. The van der Waals surface area contributed by atoms with E-state index < -0.39 is 24.8 Å². The van der Waals surface area contributed by atoms with E-state index in [0.29, 0.717) is 5.75 Å². The van der Waals surface area contributed by atoms with Gasteiger partial charge in [0.1, 0.15) is 25.3 Å². The van der Waals surface area contributed by atoms with Crippen molar-refractivity contribution in [3.05, 3.63) is 65.2 Å². The van der Waals surface area contributed by atoms with Crippen LogP contribution >= 0.6 is 0 Å². The average Bonchev–Trinajstić information content (AvgIpc) is 2.75. The molecule has 0 radical (unpaired) electrons. The molecular formula is C24H30FNO5. The Kier molecular flexibility index (Phi) is 9.97. The van der Waals surface area contributed by atoms with Crippen molar-refractivity contribution in [3.63, 3.8) is 0 Å². The van der Waals surface area contributed by atoms with Crippen LogP contribution in [0.5, 0.6) is 5.75 Å². The molecule has 2 aromatic carbocycles. The number of aliphatic carboxylic acids is 1. The SMILES string of the molecule is Cc1cccc(CCc2ccccc2OCC(CN(C)CF)OC(=O)CCC(=O)O)c1. The summed E-state index contributed by atoms with van der Waals surface area (Å²) in [6.45, 7) is 1.55. The zero-order valence-electron chi connectivity index (χ0n) is 18.1. The number of ether oxygens (including phenoxy) is 2. The molecule has 1 N–H and O–H groups in total. The van der Waals surface area contributed by atoms with Gasteiger partial charge in [-0.1, -0.05) is 48.0 Å². The van der Waals surface area contributed by atoms with Gasteiger partial charge in [-0.05, 0) is 44.0 Å². The van der Waals surface area contributed by atoms with Crippen molar-refractivity contribution in [1.82, 2.24) is 4.90 Å². The molecule has 168 valence electrons. The molecule has 0 spiro atoms. The third-order valence-electron chi connectivity index (χ3n) is 4.72. The number of para-hydroxylation sites is 1. The molecule has 6 nitrogen and oxygen atoms in total. The van der Waals surface area contributed by atoms with Gasteiger partial charge in [0.15, 0.2) is 0 Å². The number of carbonyl (C=O) groups excluding carboxylic acids is 1.